The molecule has 186 valence electrons. The van der Waals surface area contributed by atoms with E-state index in [4.69, 9.17) is 9.47 Å². The highest BCUT2D eigenvalue weighted by molar-refractivity contribution is 5.83. The van der Waals surface area contributed by atoms with Gasteiger partial charge in [-0.05, 0) is 72.1 Å². The van der Waals surface area contributed by atoms with Crippen LogP contribution in [0.5, 0.6) is 11.5 Å². The summed E-state index contributed by atoms with van der Waals surface area (Å²) in [5, 5.41) is 13.4. The Morgan fingerprint density at radius 1 is 1.08 bits per heavy atom. The Morgan fingerprint density at radius 2 is 1.81 bits per heavy atom. The smallest absolute Gasteiger partial charge is 0.253 e. The van der Waals surface area contributed by atoms with Crippen LogP contribution in [0.15, 0.2) is 47.3 Å². The Bertz CT molecular complexity index is 1440. The zero-order valence-corrected chi connectivity index (χ0v) is 20.0. The highest BCUT2D eigenvalue weighted by Crippen LogP contribution is 2.36. The first-order chi connectivity index (χ1) is 17.5. The van der Waals surface area contributed by atoms with Crippen molar-refractivity contribution in [1.82, 2.24) is 30.1 Å². The number of H-pyrrole nitrogens is 1. The molecule has 4 heterocycles. The lowest BCUT2D eigenvalue weighted by Crippen LogP contribution is -2.40. The maximum Gasteiger partial charge on any atom is 0.253 e. The van der Waals surface area contributed by atoms with E-state index in [9.17, 15) is 9.18 Å². The van der Waals surface area contributed by atoms with Crippen LogP contribution in [0.1, 0.15) is 42.8 Å². The van der Waals surface area contributed by atoms with Crippen molar-refractivity contribution < 1.29 is 13.9 Å². The number of fused-ring (bicyclic) bond motifs is 2. The Balaban J connectivity index is 1.44. The van der Waals surface area contributed by atoms with Crippen LogP contribution < -0.4 is 15.0 Å². The van der Waals surface area contributed by atoms with Crippen molar-refractivity contribution >= 4 is 10.9 Å². The van der Waals surface area contributed by atoms with E-state index in [1.807, 2.05) is 18.2 Å². The van der Waals surface area contributed by atoms with Gasteiger partial charge >= 0.3 is 0 Å². The second-order valence-corrected chi connectivity index (χ2v) is 9.58. The van der Waals surface area contributed by atoms with Crippen molar-refractivity contribution in [3.05, 3.63) is 75.6 Å². The molecule has 2 aromatic carbocycles. The number of rotatable bonds is 5. The molecule has 9 nitrogen and oxygen atoms in total. The third-order valence-electron chi connectivity index (χ3n) is 7.06. The number of nitrogens with one attached hydrogen (secondary N) is 1. The predicted molar refractivity (Wildman–Crippen MR) is 131 cm³/mol. The molecule has 0 aliphatic carbocycles. The number of hydrogen-bond donors (Lipinski definition) is 1. The summed E-state index contributed by atoms with van der Waals surface area (Å²) >= 11 is 0. The molecule has 1 atom stereocenters. The van der Waals surface area contributed by atoms with E-state index in [0.29, 0.717) is 54.1 Å². The van der Waals surface area contributed by atoms with Crippen molar-refractivity contribution in [1.29, 1.82) is 0 Å². The Kier molecular flexibility index (Phi) is 5.88. The molecule has 2 aromatic heterocycles. The number of likely N-dealkylation sites (tertiary alicyclic amines) is 1. The largest absolute Gasteiger partial charge is 0.486 e. The molecule has 1 fully saturated rings. The Morgan fingerprint density at radius 3 is 2.56 bits per heavy atom. The molecule has 0 spiro atoms. The molecule has 6 rings (SSSR count). The lowest BCUT2D eigenvalue weighted by Gasteiger charge is -2.36. The first kappa shape index (κ1) is 22.7. The fourth-order valence-electron chi connectivity index (χ4n) is 5.03. The average molecular weight is 491 g/mol. The van der Waals surface area contributed by atoms with Gasteiger partial charge in [0.25, 0.3) is 5.56 Å². The van der Waals surface area contributed by atoms with Crippen molar-refractivity contribution in [2.24, 2.45) is 5.92 Å². The number of piperidine rings is 1. The van der Waals surface area contributed by atoms with E-state index in [1.54, 1.807) is 16.8 Å². The van der Waals surface area contributed by atoms with Gasteiger partial charge in [-0.1, -0.05) is 19.1 Å². The van der Waals surface area contributed by atoms with Crippen molar-refractivity contribution in [3.8, 4) is 11.5 Å². The maximum atomic E-state index is 13.5. The quantitative estimate of drug-likeness (QED) is 0.458. The van der Waals surface area contributed by atoms with E-state index >= 15 is 0 Å². The molecule has 2 aliphatic rings. The van der Waals surface area contributed by atoms with E-state index in [-0.39, 0.29) is 11.4 Å². The minimum absolute atomic E-state index is 0.195. The fourth-order valence-corrected chi connectivity index (χ4v) is 5.03. The minimum atomic E-state index is -0.436. The van der Waals surface area contributed by atoms with Gasteiger partial charge in [0.15, 0.2) is 17.3 Å². The van der Waals surface area contributed by atoms with Gasteiger partial charge in [0.1, 0.15) is 25.1 Å². The van der Waals surface area contributed by atoms with Crippen LogP contribution >= 0.6 is 0 Å². The van der Waals surface area contributed by atoms with Crippen LogP contribution in [-0.4, -0.2) is 56.4 Å². The van der Waals surface area contributed by atoms with Gasteiger partial charge in [-0.3, -0.25) is 9.69 Å². The van der Waals surface area contributed by atoms with Gasteiger partial charge in [-0.15, -0.1) is 5.10 Å². The molecule has 0 bridgehead atoms. The fraction of sp³-hybridized carbons (Fsp3) is 0.385. The van der Waals surface area contributed by atoms with Crippen LogP contribution in [0.4, 0.5) is 4.39 Å². The van der Waals surface area contributed by atoms with E-state index in [2.05, 4.69) is 32.3 Å². The second-order valence-electron chi connectivity index (χ2n) is 9.58. The van der Waals surface area contributed by atoms with Gasteiger partial charge in [-0.25, -0.2) is 9.07 Å². The number of tetrazole rings is 1. The lowest BCUT2D eigenvalue weighted by molar-refractivity contribution is 0.149. The van der Waals surface area contributed by atoms with E-state index < -0.39 is 6.04 Å². The molecule has 0 radical (unpaired) electrons. The molecule has 0 amide bonds. The number of nitrogens with zero attached hydrogens (tertiary/aromatic N) is 5. The monoisotopic (exact) mass is 490 g/mol. The number of hydrogen-bond acceptors (Lipinski definition) is 7. The molecule has 4 aromatic rings. The Hall–Kier alpha value is -3.79. The van der Waals surface area contributed by atoms with Crippen LogP contribution in [0.25, 0.3) is 10.9 Å². The van der Waals surface area contributed by atoms with Gasteiger partial charge in [0.2, 0.25) is 0 Å². The van der Waals surface area contributed by atoms with Crippen LogP contribution in [-0.2, 0) is 6.54 Å². The summed E-state index contributed by atoms with van der Waals surface area (Å²) in [6, 6.07) is 11.5. The normalized spacial score (nSPS) is 17.4. The summed E-state index contributed by atoms with van der Waals surface area (Å²) in [5.74, 6) is 2.19. The highest BCUT2D eigenvalue weighted by atomic mass is 19.1. The summed E-state index contributed by atoms with van der Waals surface area (Å²) in [6.45, 7) is 5.24. The maximum absolute atomic E-state index is 13.5. The molecule has 36 heavy (non-hydrogen) atoms. The highest BCUT2D eigenvalue weighted by Gasteiger charge is 2.32. The van der Waals surface area contributed by atoms with Crippen LogP contribution in [0, 0.1) is 11.7 Å². The summed E-state index contributed by atoms with van der Waals surface area (Å²) in [4.78, 5) is 18.8. The van der Waals surface area contributed by atoms with Crippen molar-refractivity contribution in [2.75, 3.05) is 26.3 Å². The number of halogens is 1. The third kappa shape index (κ3) is 4.32. The summed E-state index contributed by atoms with van der Waals surface area (Å²) in [5.41, 5.74) is 1.93. The molecule has 10 heteroatoms. The summed E-state index contributed by atoms with van der Waals surface area (Å²) < 4.78 is 26.6. The second kappa shape index (κ2) is 9.34. The molecule has 2 aliphatic heterocycles. The molecule has 1 saturated heterocycles. The lowest BCUT2D eigenvalue weighted by atomic mass is 9.95. The number of benzene rings is 2. The number of pyridine rings is 1. The predicted octanol–water partition coefficient (Wildman–Crippen LogP) is 3.29. The first-order valence-corrected chi connectivity index (χ1v) is 12.3. The van der Waals surface area contributed by atoms with E-state index in [0.717, 1.165) is 36.9 Å². The standard InChI is InChI=1S/C26H27FN6O3/c1-16-6-8-32(9-7-16)24(25-29-30-31-33(25)15-17-2-4-19(27)5-3-17)20-12-18-13-22-23(36-11-10-35-22)14-21(18)28-26(20)34/h2-5,12-14,16,24H,6-11,15H2,1H3,(H,28,34). The molecular formula is C26H27FN6O3. The van der Waals surface area contributed by atoms with Gasteiger partial charge in [0, 0.05) is 17.0 Å². The number of ether oxygens (including phenoxy) is 2. The van der Waals surface area contributed by atoms with E-state index in [1.165, 1.54) is 12.1 Å². The summed E-state index contributed by atoms with van der Waals surface area (Å²) in [7, 11) is 0. The zero-order chi connectivity index (χ0) is 24.6. The summed E-state index contributed by atoms with van der Waals surface area (Å²) in [6.07, 6.45) is 2.06. The minimum Gasteiger partial charge on any atom is -0.486 e. The van der Waals surface area contributed by atoms with Crippen LogP contribution in [0.2, 0.25) is 0 Å². The number of aromatic nitrogens is 5. The molecule has 0 saturated carbocycles. The zero-order valence-electron chi connectivity index (χ0n) is 20.0. The SMILES string of the molecule is CC1CCN(C(c2cc3cc4c(cc3[nH]c2=O)OCCO4)c2nnnn2Cc2ccc(F)cc2)CC1. The first-order valence-electron chi connectivity index (χ1n) is 12.3. The van der Waals surface area contributed by atoms with Crippen LogP contribution in [0.3, 0.4) is 0 Å². The van der Waals surface area contributed by atoms with Gasteiger partial charge < -0.3 is 14.5 Å². The van der Waals surface area contributed by atoms with Gasteiger partial charge in [-0.2, -0.15) is 0 Å². The third-order valence-corrected chi connectivity index (χ3v) is 7.06. The van der Waals surface area contributed by atoms with Crippen molar-refractivity contribution in [3.63, 3.8) is 0 Å². The molecule has 1 N–H and O–H groups in total. The topological polar surface area (TPSA) is 98.2 Å². The Labute approximate surface area is 206 Å². The number of aromatic amines is 1. The average Bonchev–Trinajstić information content (AvgIpc) is 3.33. The molecular weight excluding hydrogens is 463 g/mol. The van der Waals surface area contributed by atoms with Crippen molar-refractivity contribution in [2.45, 2.75) is 32.4 Å². The van der Waals surface area contributed by atoms with Gasteiger partial charge in [0.05, 0.1) is 12.1 Å². The molecule has 1 unspecified atom stereocenters.